The molecule has 1 fully saturated rings. The van der Waals surface area contributed by atoms with E-state index in [1.165, 1.54) is 5.56 Å². The summed E-state index contributed by atoms with van der Waals surface area (Å²) >= 11 is 1.71. The lowest BCUT2D eigenvalue weighted by Crippen LogP contribution is -2.48. The summed E-state index contributed by atoms with van der Waals surface area (Å²) in [7, 11) is 2.17. The smallest absolute Gasteiger partial charge is 0.251 e. The fraction of sp³-hybridized carbons (Fsp3) is 0.318. The Morgan fingerprint density at radius 2 is 1.85 bits per heavy atom. The van der Waals surface area contributed by atoms with Gasteiger partial charge in [-0.05, 0) is 52.3 Å². The highest BCUT2D eigenvalue weighted by Gasteiger charge is 2.24. The Labute approximate surface area is 164 Å². The van der Waals surface area contributed by atoms with Gasteiger partial charge in [-0.1, -0.05) is 30.3 Å². The third kappa shape index (κ3) is 4.21. The molecule has 4 rings (SSSR count). The van der Waals surface area contributed by atoms with E-state index < -0.39 is 0 Å². The minimum Gasteiger partial charge on any atom is -0.350 e. The number of rotatable bonds is 5. The predicted molar refractivity (Wildman–Crippen MR) is 112 cm³/mol. The number of likely N-dealkylation sites (N-methyl/N-ethyl adjacent to an activating group) is 1. The Morgan fingerprint density at radius 3 is 2.59 bits per heavy atom. The van der Waals surface area contributed by atoms with E-state index in [0.29, 0.717) is 6.54 Å². The minimum atomic E-state index is -0.00453. The van der Waals surface area contributed by atoms with Gasteiger partial charge in [0.1, 0.15) is 0 Å². The van der Waals surface area contributed by atoms with Crippen molar-refractivity contribution in [2.75, 3.05) is 39.8 Å². The van der Waals surface area contributed by atoms with Crippen LogP contribution in [0.15, 0.2) is 59.3 Å². The molecule has 0 bridgehead atoms. The van der Waals surface area contributed by atoms with Gasteiger partial charge in [-0.25, -0.2) is 0 Å². The van der Waals surface area contributed by atoms with Gasteiger partial charge < -0.3 is 10.2 Å². The Kier molecular flexibility index (Phi) is 5.53. The summed E-state index contributed by atoms with van der Waals surface area (Å²) in [6.45, 7) is 4.83. The molecular weight excluding hydrogens is 354 g/mol. The molecule has 5 heteroatoms. The van der Waals surface area contributed by atoms with Gasteiger partial charge in [0.15, 0.2) is 0 Å². The molecule has 0 saturated carbocycles. The van der Waals surface area contributed by atoms with Crippen LogP contribution in [0.25, 0.3) is 10.8 Å². The van der Waals surface area contributed by atoms with Crippen molar-refractivity contribution in [1.29, 1.82) is 0 Å². The van der Waals surface area contributed by atoms with Crippen LogP contribution in [0.4, 0.5) is 0 Å². The second-order valence-electron chi connectivity index (χ2n) is 7.18. The molecular formula is C22H25N3OS. The van der Waals surface area contributed by atoms with Gasteiger partial charge in [0.05, 0.1) is 6.04 Å². The average molecular weight is 380 g/mol. The summed E-state index contributed by atoms with van der Waals surface area (Å²) in [6, 6.07) is 16.4. The summed E-state index contributed by atoms with van der Waals surface area (Å²) in [5.74, 6) is -0.00453. The molecule has 140 valence electrons. The van der Waals surface area contributed by atoms with Crippen molar-refractivity contribution < 1.29 is 4.79 Å². The van der Waals surface area contributed by atoms with Crippen molar-refractivity contribution >= 4 is 28.0 Å². The molecule has 1 aromatic heterocycles. The lowest BCUT2D eigenvalue weighted by Gasteiger charge is -2.38. The van der Waals surface area contributed by atoms with Gasteiger partial charge in [0, 0.05) is 38.3 Å². The number of amides is 1. The first kappa shape index (κ1) is 18.2. The number of thiophene rings is 1. The largest absolute Gasteiger partial charge is 0.350 e. The molecule has 27 heavy (non-hydrogen) atoms. The van der Waals surface area contributed by atoms with E-state index in [1.807, 2.05) is 36.4 Å². The maximum atomic E-state index is 12.8. The van der Waals surface area contributed by atoms with Crippen molar-refractivity contribution in [3.05, 3.63) is 70.4 Å². The second-order valence-corrected chi connectivity index (χ2v) is 7.96. The van der Waals surface area contributed by atoms with Crippen LogP contribution < -0.4 is 5.32 Å². The summed E-state index contributed by atoms with van der Waals surface area (Å²) in [5, 5.41) is 9.74. The average Bonchev–Trinajstić information content (AvgIpc) is 3.23. The molecule has 1 saturated heterocycles. The van der Waals surface area contributed by atoms with E-state index >= 15 is 0 Å². The number of hydrogen-bond acceptors (Lipinski definition) is 4. The summed E-state index contributed by atoms with van der Waals surface area (Å²) in [4.78, 5) is 17.6. The highest BCUT2D eigenvalue weighted by Crippen LogP contribution is 2.24. The fourth-order valence-corrected chi connectivity index (χ4v) is 4.39. The molecule has 0 spiro atoms. The second kappa shape index (κ2) is 8.21. The predicted octanol–water partition coefficient (Wildman–Crippen LogP) is 3.62. The topological polar surface area (TPSA) is 35.6 Å². The van der Waals surface area contributed by atoms with Crippen LogP contribution in [0, 0.1) is 0 Å². The number of carbonyl (C=O) groups excluding carboxylic acids is 1. The van der Waals surface area contributed by atoms with Crippen molar-refractivity contribution in [2.24, 2.45) is 0 Å². The number of fused-ring (bicyclic) bond motifs is 1. The molecule has 1 aliphatic rings. The van der Waals surface area contributed by atoms with Crippen LogP contribution >= 0.6 is 11.3 Å². The monoisotopic (exact) mass is 379 g/mol. The van der Waals surface area contributed by atoms with Crippen molar-refractivity contribution in [2.45, 2.75) is 6.04 Å². The van der Waals surface area contributed by atoms with E-state index in [9.17, 15) is 4.79 Å². The SMILES string of the molecule is CN1CCN(C(CNC(=O)c2ccc3ccccc3c2)c2ccsc2)CC1. The van der Waals surface area contributed by atoms with Gasteiger partial charge in [0.2, 0.25) is 0 Å². The van der Waals surface area contributed by atoms with Gasteiger partial charge in [0.25, 0.3) is 5.91 Å². The highest BCUT2D eigenvalue weighted by molar-refractivity contribution is 7.07. The molecule has 1 aliphatic heterocycles. The van der Waals surface area contributed by atoms with E-state index in [2.05, 4.69) is 45.1 Å². The molecule has 0 aliphatic carbocycles. The molecule has 4 nitrogen and oxygen atoms in total. The third-order valence-corrected chi connectivity index (χ3v) is 6.08. The Morgan fingerprint density at radius 1 is 1.07 bits per heavy atom. The maximum absolute atomic E-state index is 12.8. The molecule has 1 amide bonds. The quantitative estimate of drug-likeness (QED) is 0.735. The molecule has 1 unspecified atom stereocenters. The lowest BCUT2D eigenvalue weighted by atomic mass is 10.1. The first-order valence-corrected chi connectivity index (χ1v) is 10.4. The zero-order valence-electron chi connectivity index (χ0n) is 15.6. The Balaban J connectivity index is 1.47. The number of hydrogen-bond donors (Lipinski definition) is 1. The molecule has 2 aromatic carbocycles. The summed E-state index contributed by atoms with van der Waals surface area (Å²) < 4.78 is 0. The van der Waals surface area contributed by atoms with Crippen molar-refractivity contribution in [1.82, 2.24) is 15.1 Å². The zero-order valence-corrected chi connectivity index (χ0v) is 16.4. The molecule has 2 heterocycles. The molecule has 3 aromatic rings. The van der Waals surface area contributed by atoms with Gasteiger partial charge in [-0.2, -0.15) is 11.3 Å². The normalized spacial score (nSPS) is 17.1. The number of benzene rings is 2. The van der Waals surface area contributed by atoms with Crippen LogP contribution in [0.2, 0.25) is 0 Å². The van der Waals surface area contributed by atoms with Crippen LogP contribution in [0.1, 0.15) is 22.0 Å². The highest BCUT2D eigenvalue weighted by atomic mass is 32.1. The van der Waals surface area contributed by atoms with Crippen molar-refractivity contribution in [3.63, 3.8) is 0 Å². The standard InChI is InChI=1S/C22H25N3OS/c1-24-9-11-25(12-10-24)21(20-8-13-27-16-20)15-23-22(26)19-7-6-17-4-2-3-5-18(17)14-19/h2-8,13-14,16,21H,9-12,15H2,1H3,(H,23,26). The van der Waals surface area contributed by atoms with Gasteiger partial charge in [-0.3, -0.25) is 9.69 Å². The first-order valence-electron chi connectivity index (χ1n) is 9.42. The number of nitrogens with one attached hydrogen (secondary N) is 1. The fourth-order valence-electron chi connectivity index (χ4n) is 3.68. The lowest BCUT2D eigenvalue weighted by molar-refractivity contribution is 0.0887. The summed E-state index contributed by atoms with van der Waals surface area (Å²) in [6.07, 6.45) is 0. The van der Waals surface area contributed by atoms with Crippen molar-refractivity contribution in [3.8, 4) is 0 Å². The summed E-state index contributed by atoms with van der Waals surface area (Å²) in [5.41, 5.74) is 2.01. The van der Waals surface area contributed by atoms with Crippen LogP contribution in [-0.2, 0) is 0 Å². The Hall–Kier alpha value is -2.21. The number of nitrogens with zero attached hydrogens (tertiary/aromatic N) is 2. The Bertz CT molecular complexity index is 901. The van der Waals surface area contributed by atoms with Crippen LogP contribution in [0.3, 0.4) is 0 Å². The van der Waals surface area contributed by atoms with E-state index in [1.54, 1.807) is 11.3 Å². The van der Waals surface area contributed by atoms with E-state index in [4.69, 9.17) is 0 Å². The van der Waals surface area contributed by atoms with E-state index in [0.717, 1.165) is 42.5 Å². The maximum Gasteiger partial charge on any atom is 0.251 e. The zero-order chi connectivity index (χ0) is 18.6. The molecule has 1 N–H and O–H groups in total. The number of carbonyl (C=O) groups is 1. The molecule has 0 radical (unpaired) electrons. The van der Waals surface area contributed by atoms with Gasteiger partial charge >= 0.3 is 0 Å². The van der Waals surface area contributed by atoms with Crippen LogP contribution in [0.5, 0.6) is 0 Å². The third-order valence-electron chi connectivity index (χ3n) is 5.37. The van der Waals surface area contributed by atoms with Gasteiger partial charge in [-0.15, -0.1) is 0 Å². The minimum absolute atomic E-state index is 0.00453. The van der Waals surface area contributed by atoms with Crippen LogP contribution in [-0.4, -0.2) is 55.5 Å². The molecule has 1 atom stereocenters. The number of piperazine rings is 1. The first-order chi connectivity index (χ1) is 13.2. The van der Waals surface area contributed by atoms with E-state index in [-0.39, 0.29) is 11.9 Å².